The van der Waals surface area contributed by atoms with Crippen LogP contribution >= 0.6 is 0 Å². The summed E-state index contributed by atoms with van der Waals surface area (Å²) < 4.78 is 0. The first-order valence-electron chi connectivity index (χ1n) is 5.53. The van der Waals surface area contributed by atoms with Gasteiger partial charge in [0, 0.05) is 29.9 Å². The number of nitrogens with one attached hydrogen (secondary N) is 1. The van der Waals surface area contributed by atoms with Gasteiger partial charge in [0.2, 0.25) is 0 Å². The number of anilines is 1. The maximum Gasteiger partial charge on any atom is 0.295 e. The molecule has 0 aliphatic carbocycles. The van der Waals surface area contributed by atoms with Crippen LogP contribution in [0.2, 0.25) is 0 Å². The topological polar surface area (TPSA) is 88.3 Å². The van der Waals surface area contributed by atoms with Gasteiger partial charge < -0.3 is 10.4 Å². The molecule has 0 radical (unpaired) electrons. The number of nitro groups is 1. The molecule has 6 heteroatoms. The van der Waals surface area contributed by atoms with Crippen LogP contribution in [0, 0.1) is 10.1 Å². The van der Waals surface area contributed by atoms with Gasteiger partial charge in [-0.2, -0.15) is 0 Å². The van der Waals surface area contributed by atoms with Crippen molar-refractivity contribution in [1.29, 1.82) is 0 Å². The van der Waals surface area contributed by atoms with Crippen molar-refractivity contribution >= 4 is 22.3 Å². The Kier molecular flexibility index (Phi) is 3.38. The van der Waals surface area contributed by atoms with Gasteiger partial charge in [-0.3, -0.25) is 10.1 Å². The van der Waals surface area contributed by atoms with Crippen LogP contribution < -0.4 is 5.32 Å². The Morgan fingerprint density at radius 1 is 1.50 bits per heavy atom. The van der Waals surface area contributed by atoms with Gasteiger partial charge in [0.05, 0.1) is 11.0 Å². The summed E-state index contributed by atoms with van der Waals surface area (Å²) in [6, 6.07) is 6.54. The fourth-order valence-electron chi connectivity index (χ4n) is 1.72. The van der Waals surface area contributed by atoms with Crippen LogP contribution in [-0.2, 0) is 0 Å². The van der Waals surface area contributed by atoms with Crippen molar-refractivity contribution in [1.82, 2.24) is 4.98 Å². The molecule has 94 valence electrons. The Morgan fingerprint density at radius 3 is 2.94 bits per heavy atom. The second kappa shape index (κ2) is 4.97. The summed E-state index contributed by atoms with van der Waals surface area (Å²) in [7, 11) is 0. The van der Waals surface area contributed by atoms with Gasteiger partial charge in [-0.1, -0.05) is 12.1 Å². The minimum absolute atomic E-state index is 0.0202. The lowest BCUT2D eigenvalue weighted by atomic mass is 10.1. The molecular formula is C12H13N3O3. The van der Waals surface area contributed by atoms with Gasteiger partial charge in [-0.05, 0) is 13.0 Å². The smallest absolute Gasteiger partial charge is 0.295 e. The summed E-state index contributed by atoms with van der Waals surface area (Å²) in [6.07, 6.45) is 1.02. The lowest BCUT2D eigenvalue weighted by molar-refractivity contribution is -0.383. The molecule has 1 heterocycles. The Morgan fingerprint density at radius 2 is 2.28 bits per heavy atom. The summed E-state index contributed by atoms with van der Waals surface area (Å²) in [5.74, 6) is 0. The summed E-state index contributed by atoms with van der Waals surface area (Å²) in [6.45, 7) is 2.04. The van der Waals surface area contributed by atoms with E-state index in [1.54, 1.807) is 25.1 Å². The van der Waals surface area contributed by atoms with E-state index < -0.39 is 11.0 Å². The number of fused-ring (bicyclic) bond motifs is 1. The van der Waals surface area contributed by atoms with Crippen molar-refractivity contribution in [3.05, 3.63) is 40.6 Å². The third-order valence-electron chi connectivity index (χ3n) is 2.53. The molecule has 0 bridgehead atoms. The standard InChI is InChI=1S/C12H13N3O3/c1-8(16)7-14-10-5-6-13-12-9(10)3-2-4-11(12)15(17)18/h2-6,8,16H,7H2,1H3,(H,13,14). The second-order valence-corrected chi connectivity index (χ2v) is 4.02. The van der Waals surface area contributed by atoms with E-state index in [9.17, 15) is 15.2 Å². The minimum Gasteiger partial charge on any atom is -0.392 e. The quantitative estimate of drug-likeness (QED) is 0.636. The van der Waals surface area contributed by atoms with E-state index in [4.69, 9.17) is 0 Å². The molecule has 0 amide bonds. The minimum atomic E-state index is -0.494. The van der Waals surface area contributed by atoms with E-state index in [1.807, 2.05) is 0 Å². The van der Waals surface area contributed by atoms with Crippen molar-refractivity contribution in [2.75, 3.05) is 11.9 Å². The van der Waals surface area contributed by atoms with E-state index >= 15 is 0 Å². The van der Waals surface area contributed by atoms with Gasteiger partial charge in [-0.25, -0.2) is 4.98 Å². The van der Waals surface area contributed by atoms with E-state index in [0.717, 1.165) is 5.69 Å². The molecule has 2 rings (SSSR count). The lowest BCUT2D eigenvalue weighted by Crippen LogP contribution is -2.15. The average molecular weight is 247 g/mol. The van der Waals surface area contributed by atoms with Gasteiger partial charge in [0.25, 0.3) is 5.69 Å². The zero-order valence-electron chi connectivity index (χ0n) is 9.83. The van der Waals surface area contributed by atoms with Crippen LogP contribution in [0.1, 0.15) is 6.92 Å². The highest BCUT2D eigenvalue weighted by Crippen LogP contribution is 2.28. The lowest BCUT2D eigenvalue weighted by Gasteiger charge is -2.10. The Labute approximate surface area is 103 Å². The number of nitrogens with zero attached hydrogens (tertiary/aromatic N) is 2. The molecule has 0 saturated carbocycles. The molecule has 0 aliphatic rings. The fraction of sp³-hybridized carbons (Fsp3) is 0.250. The highest BCUT2D eigenvalue weighted by atomic mass is 16.6. The van der Waals surface area contributed by atoms with Crippen molar-refractivity contribution in [3.63, 3.8) is 0 Å². The number of aromatic nitrogens is 1. The molecule has 2 N–H and O–H groups in total. The maximum absolute atomic E-state index is 10.9. The highest BCUT2D eigenvalue weighted by Gasteiger charge is 2.14. The average Bonchev–Trinajstić information content (AvgIpc) is 2.35. The van der Waals surface area contributed by atoms with Crippen LogP contribution in [0.25, 0.3) is 10.9 Å². The van der Waals surface area contributed by atoms with Gasteiger partial charge >= 0.3 is 0 Å². The summed E-state index contributed by atoms with van der Waals surface area (Å²) in [4.78, 5) is 14.5. The monoisotopic (exact) mass is 247 g/mol. The molecule has 1 unspecified atom stereocenters. The van der Waals surface area contributed by atoms with Crippen molar-refractivity contribution in [2.24, 2.45) is 0 Å². The Bertz CT molecular complexity index is 584. The van der Waals surface area contributed by atoms with E-state index in [1.165, 1.54) is 12.3 Å². The molecule has 0 saturated heterocycles. The number of para-hydroxylation sites is 1. The van der Waals surface area contributed by atoms with Crippen LogP contribution in [0.3, 0.4) is 0 Å². The Hall–Kier alpha value is -2.21. The number of rotatable bonds is 4. The summed E-state index contributed by atoms with van der Waals surface area (Å²) >= 11 is 0. The predicted octanol–water partition coefficient (Wildman–Crippen LogP) is 1.94. The maximum atomic E-state index is 10.9. The summed E-state index contributed by atoms with van der Waals surface area (Å²) in [5.41, 5.74) is 1.05. The first kappa shape index (κ1) is 12.3. The number of hydrogen-bond acceptors (Lipinski definition) is 5. The van der Waals surface area contributed by atoms with Crippen LogP contribution in [-0.4, -0.2) is 27.7 Å². The third-order valence-corrected chi connectivity index (χ3v) is 2.53. The predicted molar refractivity (Wildman–Crippen MR) is 68.6 cm³/mol. The second-order valence-electron chi connectivity index (χ2n) is 4.02. The number of nitro benzene ring substituents is 1. The molecule has 0 aliphatic heterocycles. The first-order valence-corrected chi connectivity index (χ1v) is 5.53. The third kappa shape index (κ3) is 2.38. The molecular weight excluding hydrogens is 234 g/mol. The van der Waals surface area contributed by atoms with Crippen LogP contribution in [0.5, 0.6) is 0 Å². The van der Waals surface area contributed by atoms with Gasteiger partial charge in [-0.15, -0.1) is 0 Å². The number of aliphatic hydroxyl groups excluding tert-OH is 1. The molecule has 1 atom stereocenters. The van der Waals surface area contributed by atoms with E-state index in [-0.39, 0.29) is 5.69 Å². The molecule has 6 nitrogen and oxygen atoms in total. The zero-order chi connectivity index (χ0) is 13.1. The number of pyridine rings is 1. The molecule has 1 aromatic carbocycles. The number of non-ortho nitro benzene ring substituents is 1. The SMILES string of the molecule is CC(O)CNc1ccnc2c([N+](=O)[O-])cccc12. The van der Waals surface area contributed by atoms with Crippen LogP contribution in [0.15, 0.2) is 30.5 Å². The number of hydrogen-bond donors (Lipinski definition) is 2. The molecule has 0 fully saturated rings. The normalized spacial score (nSPS) is 12.3. The fourth-order valence-corrected chi connectivity index (χ4v) is 1.72. The van der Waals surface area contributed by atoms with Crippen molar-refractivity contribution in [2.45, 2.75) is 13.0 Å². The first-order chi connectivity index (χ1) is 8.59. The van der Waals surface area contributed by atoms with Gasteiger partial charge in [0.15, 0.2) is 0 Å². The van der Waals surface area contributed by atoms with Gasteiger partial charge in [0.1, 0.15) is 5.52 Å². The Balaban J connectivity index is 2.50. The number of aliphatic hydroxyl groups is 1. The molecule has 0 spiro atoms. The largest absolute Gasteiger partial charge is 0.392 e. The van der Waals surface area contributed by atoms with Crippen molar-refractivity contribution < 1.29 is 10.0 Å². The zero-order valence-corrected chi connectivity index (χ0v) is 9.83. The van der Waals surface area contributed by atoms with E-state index in [0.29, 0.717) is 17.4 Å². The number of benzene rings is 1. The highest BCUT2D eigenvalue weighted by molar-refractivity contribution is 5.96. The van der Waals surface area contributed by atoms with Crippen LogP contribution in [0.4, 0.5) is 11.4 Å². The molecule has 2 aromatic rings. The van der Waals surface area contributed by atoms with Crippen molar-refractivity contribution in [3.8, 4) is 0 Å². The van der Waals surface area contributed by atoms with E-state index in [2.05, 4.69) is 10.3 Å². The molecule has 1 aromatic heterocycles. The molecule has 18 heavy (non-hydrogen) atoms. The summed E-state index contributed by atoms with van der Waals surface area (Å²) in [5, 5.41) is 23.9.